The molecule has 1 saturated heterocycles. The molecule has 0 radical (unpaired) electrons. The Labute approximate surface area is 171 Å². The van der Waals surface area contributed by atoms with E-state index in [-0.39, 0.29) is 18.6 Å². The lowest BCUT2D eigenvalue weighted by Gasteiger charge is -2.14. The number of H-pyrrole nitrogens is 1. The lowest BCUT2D eigenvalue weighted by Crippen LogP contribution is -2.33. The Morgan fingerprint density at radius 2 is 2.00 bits per heavy atom. The van der Waals surface area contributed by atoms with E-state index in [4.69, 9.17) is 4.74 Å². The van der Waals surface area contributed by atoms with Crippen molar-refractivity contribution >= 4 is 0 Å². The minimum absolute atomic E-state index is 0.122. The Balaban J connectivity index is 1.64. The number of nitrogens with zero attached hydrogens (tertiary/aromatic N) is 4. The van der Waals surface area contributed by atoms with Crippen molar-refractivity contribution in [3.8, 4) is 11.3 Å². The summed E-state index contributed by atoms with van der Waals surface area (Å²) in [6.07, 6.45) is 1.53. The third-order valence-electron chi connectivity index (χ3n) is 5.31. The summed E-state index contributed by atoms with van der Waals surface area (Å²) in [5.74, 6) is 0. The standard InChI is InChI=1S/C20H23N5O5/c1-2-12-5-3-4-6-13(12)8-24-10-15(22-23-24)14-9-25(20(29)21-19(14)28)18-7-16(27)17(11-26)30-18/h3-6,9-10,16-18,26-27H,2,7-8,11H2,1H3,(H,21,28,29)/t16-,17+,18+/m0/s1. The number of ether oxygens (including phenoxy) is 1. The van der Waals surface area contributed by atoms with Crippen LogP contribution in [0.15, 0.2) is 46.2 Å². The molecule has 0 spiro atoms. The molecule has 30 heavy (non-hydrogen) atoms. The van der Waals surface area contributed by atoms with Gasteiger partial charge in [-0.3, -0.25) is 14.3 Å². The molecule has 0 amide bonds. The molecule has 1 aliphatic rings. The molecule has 0 bridgehead atoms. The molecule has 1 fully saturated rings. The molecular weight excluding hydrogens is 390 g/mol. The van der Waals surface area contributed by atoms with E-state index in [9.17, 15) is 19.8 Å². The zero-order chi connectivity index (χ0) is 21.3. The van der Waals surface area contributed by atoms with Gasteiger partial charge in [0.15, 0.2) is 0 Å². The molecule has 4 rings (SSSR count). The van der Waals surface area contributed by atoms with Gasteiger partial charge in [-0.05, 0) is 17.5 Å². The molecule has 1 aliphatic heterocycles. The van der Waals surface area contributed by atoms with Crippen LogP contribution < -0.4 is 11.2 Å². The fraction of sp³-hybridized carbons (Fsp3) is 0.400. The number of aryl methyl sites for hydroxylation is 1. The van der Waals surface area contributed by atoms with Gasteiger partial charge >= 0.3 is 5.69 Å². The van der Waals surface area contributed by atoms with Crippen molar-refractivity contribution < 1.29 is 14.9 Å². The van der Waals surface area contributed by atoms with Crippen molar-refractivity contribution in [3.05, 3.63) is 68.6 Å². The summed E-state index contributed by atoms with van der Waals surface area (Å²) in [6.45, 7) is 2.22. The van der Waals surface area contributed by atoms with Crippen LogP contribution in [-0.2, 0) is 17.7 Å². The van der Waals surface area contributed by atoms with Crippen molar-refractivity contribution in [2.75, 3.05) is 6.61 Å². The molecule has 3 N–H and O–H groups in total. The third kappa shape index (κ3) is 3.84. The zero-order valence-corrected chi connectivity index (χ0v) is 16.4. The number of rotatable bonds is 6. The van der Waals surface area contributed by atoms with E-state index in [0.717, 1.165) is 12.0 Å². The van der Waals surface area contributed by atoms with Gasteiger partial charge in [0.1, 0.15) is 18.0 Å². The number of aliphatic hydroxyl groups excluding tert-OH is 2. The van der Waals surface area contributed by atoms with Crippen molar-refractivity contribution in [1.82, 2.24) is 24.5 Å². The number of aromatic nitrogens is 5. The first-order valence-corrected chi connectivity index (χ1v) is 9.77. The molecule has 0 aliphatic carbocycles. The van der Waals surface area contributed by atoms with Crippen LogP contribution >= 0.6 is 0 Å². The van der Waals surface area contributed by atoms with Crippen LogP contribution in [0.5, 0.6) is 0 Å². The maximum absolute atomic E-state index is 12.4. The summed E-state index contributed by atoms with van der Waals surface area (Å²) >= 11 is 0. The highest BCUT2D eigenvalue weighted by molar-refractivity contribution is 5.54. The van der Waals surface area contributed by atoms with Gasteiger partial charge in [0.05, 0.1) is 31.0 Å². The highest BCUT2D eigenvalue weighted by atomic mass is 16.5. The minimum atomic E-state index is -0.901. The maximum Gasteiger partial charge on any atom is 0.330 e. The van der Waals surface area contributed by atoms with Crippen LogP contribution in [0.25, 0.3) is 11.3 Å². The molecule has 10 heteroatoms. The number of aliphatic hydroxyl groups is 2. The minimum Gasteiger partial charge on any atom is -0.394 e. The van der Waals surface area contributed by atoms with Gasteiger partial charge in [-0.15, -0.1) is 5.10 Å². The molecule has 3 aromatic rings. The number of benzene rings is 1. The fourth-order valence-corrected chi connectivity index (χ4v) is 3.66. The summed E-state index contributed by atoms with van der Waals surface area (Å²) in [6, 6.07) is 8.03. The van der Waals surface area contributed by atoms with E-state index in [1.54, 1.807) is 10.9 Å². The summed E-state index contributed by atoms with van der Waals surface area (Å²) in [7, 11) is 0. The van der Waals surface area contributed by atoms with Crippen LogP contribution in [0.1, 0.15) is 30.7 Å². The second kappa shape index (κ2) is 8.34. The van der Waals surface area contributed by atoms with E-state index >= 15 is 0 Å². The SMILES string of the molecule is CCc1ccccc1Cn1cc(-c2cn([C@H]3C[C@H](O)[C@@H](CO)O3)c(=O)[nH]c2=O)nn1. The fourth-order valence-electron chi connectivity index (χ4n) is 3.66. The molecule has 0 unspecified atom stereocenters. The molecule has 10 nitrogen and oxygen atoms in total. The first kappa shape index (κ1) is 20.2. The average molecular weight is 413 g/mol. The molecule has 158 valence electrons. The van der Waals surface area contributed by atoms with Crippen LogP contribution in [0.2, 0.25) is 0 Å². The third-order valence-corrected chi connectivity index (χ3v) is 5.31. The predicted molar refractivity (Wildman–Crippen MR) is 107 cm³/mol. The number of aromatic amines is 1. The normalized spacial score (nSPS) is 21.2. The molecular formula is C20H23N5O5. The van der Waals surface area contributed by atoms with E-state index in [1.165, 1.54) is 16.3 Å². The maximum atomic E-state index is 12.4. The van der Waals surface area contributed by atoms with E-state index in [1.807, 2.05) is 18.2 Å². The van der Waals surface area contributed by atoms with E-state index < -0.39 is 29.7 Å². The smallest absolute Gasteiger partial charge is 0.330 e. The number of hydrogen-bond donors (Lipinski definition) is 3. The highest BCUT2D eigenvalue weighted by Crippen LogP contribution is 2.27. The monoisotopic (exact) mass is 413 g/mol. The lowest BCUT2D eigenvalue weighted by molar-refractivity contribution is -0.0458. The summed E-state index contributed by atoms with van der Waals surface area (Å²) in [5, 5.41) is 27.4. The first-order chi connectivity index (χ1) is 14.5. The molecule has 0 saturated carbocycles. The topological polar surface area (TPSA) is 135 Å². The zero-order valence-electron chi connectivity index (χ0n) is 16.4. The Hall–Kier alpha value is -3.08. The van der Waals surface area contributed by atoms with Gasteiger partial charge in [0.2, 0.25) is 0 Å². The van der Waals surface area contributed by atoms with Gasteiger partial charge in [0, 0.05) is 12.6 Å². The Morgan fingerprint density at radius 1 is 1.23 bits per heavy atom. The molecule has 1 aromatic carbocycles. The second-order valence-corrected chi connectivity index (χ2v) is 7.25. The van der Waals surface area contributed by atoms with Gasteiger partial charge in [0.25, 0.3) is 5.56 Å². The summed E-state index contributed by atoms with van der Waals surface area (Å²) < 4.78 is 8.36. The van der Waals surface area contributed by atoms with Crippen molar-refractivity contribution in [1.29, 1.82) is 0 Å². The van der Waals surface area contributed by atoms with Crippen molar-refractivity contribution in [2.24, 2.45) is 0 Å². The van der Waals surface area contributed by atoms with E-state index in [2.05, 4.69) is 28.3 Å². The number of hydrogen-bond acceptors (Lipinski definition) is 7. The Kier molecular flexibility index (Phi) is 5.62. The van der Waals surface area contributed by atoms with Crippen LogP contribution in [0, 0.1) is 0 Å². The van der Waals surface area contributed by atoms with Crippen LogP contribution in [0.3, 0.4) is 0 Å². The predicted octanol–water partition coefficient (Wildman–Crippen LogP) is 0.0465. The quantitative estimate of drug-likeness (QED) is 0.519. The summed E-state index contributed by atoms with van der Waals surface area (Å²) in [4.78, 5) is 26.9. The highest BCUT2D eigenvalue weighted by Gasteiger charge is 2.35. The lowest BCUT2D eigenvalue weighted by atomic mass is 10.1. The Bertz CT molecular complexity index is 1150. The Morgan fingerprint density at radius 3 is 2.70 bits per heavy atom. The van der Waals surface area contributed by atoms with Crippen molar-refractivity contribution in [2.45, 2.75) is 44.7 Å². The second-order valence-electron chi connectivity index (χ2n) is 7.25. The van der Waals surface area contributed by atoms with Gasteiger partial charge in [-0.25, -0.2) is 9.48 Å². The van der Waals surface area contributed by atoms with Gasteiger partial charge in [-0.2, -0.15) is 0 Å². The number of nitrogens with one attached hydrogen (secondary N) is 1. The summed E-state index contributed by atoms with van der Waals surface area (Å²) in [5.41, 5.74) is 1.54. The first-order valence-electron chi connectivity index (χ1n) is 9.77. The van der Waals surface area contributed by atoms with E-state index in [0.29, 0.717) is 12.2 Å². The van der Waals surface area contributed by atoms with Gasteiger partial charge in [-0.1, -0.05) is 36.4 Å². The molecule has 3 heterocycles. The van der Waals surface area contributed by atoms with Gasteiger partial charge < -0.3 is 14.9 Å². The molecule has 3 atom stereocenters. The largest absolute Gasteiger partial charge is 0.394 e. The van der Waals surface area contributed by atoms with Crippen LogP contribution in [0.4, 0.5) is 0 Å². The van der Waals surface area contributed by atoms with Crippen molar-refractivity contribution in [3.63, 3.8) is 0 Å². The van der Waals surface area contributed by atoms with Crippen LogP contribution in [-0.4, -0.2) is 53.6 Å². The molecule has 2 aromatic heterocycles. The average Bonchev–Trinajstić information content (AvgIpc) is 3.34.